The first-order valence-corrected chi connectivity index (χ1v) is 8.30. The Morgan fingerprint density at radius 1 is 1.21 bits per heavy atom. The van der Waals surface area contributed by atoms with Crippen molar-refractivity contribution in [3.05, 3.63) is 81.5 Å². The minimum absolute atomic E-state index is 0.0701. The molecule has 146 valence electrons. The Hall–Kier alpha value is -4.34. The van der Waals surface area contributed by atoms with Crippen molar-refractivity contribution in [2.24, 2.45) is 5.10 Å². The molecule has 0 saturated heterocycles. The highest BCUT2D eigenvalue weighted by atomic mass is 16.6. The summed E-state index contributed by atoms with van der Waals surface area (Å²) in [6, 6.07) is 13.9. The lowest BCUT2D eigenvalue weighted by atomic mass is 10.1. The van der Waals surface area contributed by atoms with E-state index in [0.29, 0.717) is 22.4 Å². The predicted octanol–water partition coefficient (Wildman–Crippen LogP) is 2.54. The normalized spacial score (nSPS) is 10.7. The van der Waals surface area contributed by atoms with Crippen LogP contribution in [0.15, 0.2) is 59.7 Å². The van der Waals surface area contributed by atoms with Crippen LogP contribution in [0.5, 0.6) is 0 Å². The van der Waals surface area contributed by atoms with Crippen molar-refractivity contribution >= 4 is 23.8 Å². The number of nitro groups is 1. The number of non-ortho nitro benzene ring substituents is 1. The summed E-state index contributed by atoms with van der Waals surface area (Å²) in [5.41, 5.74) is 4.39. The Morgan fingerprint density at radius 3 is 2.66 bits per heavy atom. The number of rotatable bonds is 6. The summed E-state index contributed by atoms with van der Waals surface area (Å²) in [6.45, 7) is 0. The van der Waals surface area contributed by atoms with Crippen LogP contribution in [0.1, 0.15) is 26.4 Å². The molecule has 0 bridgehead atoms. The van der Waals surface area contributed by atoms with Crippen molar-refractivity contribution in [1.82, 2.24) is 15.6 Å². The average Bonchev–Trinajstić information content (AvgIpc) is 3.24. The molecule has 2 N–H and O–H groups in total. The number of hydrogen-bond acceptors (Lipinski definition) is 7. The number of amides is 1. The first kappa shape index (κ1) is 19.4. The number of aromatic nitrogens is 2. The second-order valence-corrected chi connectivity index (χ2v) is 5.79. The van der Waals surface area contributed by atoms with Crippen LogP contribution in [-0.4, -0.2) is 40.3 Å². The number of hydrogen-bond donors (Lipinski definition) is 2. The molecule has 3 rings (SSSR count). The zero-order valence-corrected chi connectivity index (χ0v) is 15.2. The highest BCUT2D eigenvalue weighted by Gasteiger charge is 2.13. The number of carbonyl (C=O) groups is 2. The predicted molar refractivity (Wildman–Crippen MR) is 104 cm³/mol. The third-order valence-electron chi connectivity index (χ3n) is 3.89. The maximum absolute atomic E-state index is 12.2. The summed E-state index contributed by atoms with van der Waals surface area (Å²) in [5, 5.41) is 21.3. The van der Waals surface area contributed by atoms with E-state index in [0.717, 1.165) is 0 Å². The minimum atomic E-state index is -0.531. The molecular formula is C19H15N5O5. The van der Waals surface area contributed by atoms with E-state index in [2.05, 4.69) is 25.5 Å². The van der Waals surface area contributed by atoms with Gasteiger partial charge in [-0.05, 0) is 23.8 Å². The lowest BCUT2D eigenvalue weighted by molar-refractivity contribution is -0.384. The third-order valence-corrected chi connectivity index (χ3v) is 3.89. The molecule has 0 spiro atoms. The van der Waals surface area contributed by atoms with E-state index in [9.17, 15) is 19.7 Å². The molecule has 0 aliphatic carbocycles. The van der Waals surface area contributed by atoms with Gasteiger partial charge >= 0.3 is 5.97 Å². The number of carbonyl (C=O) groups excluding carboxylic acids is 2. The number of nitrogens with one attached hydrogen (secondary N) is 2. The van der Waals surface area contributed by atoms with Gasteiger partial charge in [-0.25, -0.2) is 10.2 Å². The van der Waals surface area contributed by atoms with E-state index in [-0.39, 0.29) is 11.4 Å². The summed E-state index contributed by atoms with van der Waals surface area (Å²) in [4.78, 5) is 33.9. The molecule has 0 aliphatic rings. The highest BCUT2D eigenvalue weighted by molar-refractivity contribution is 5.94. The van der Waals surface area contributed by atoms with Crippen LogP contribution in [0.3, 0.4) is 0 Å². The quantitative estimate of drug-likeness (QED) is 0.285. The summed E-state index contributed by atoms with van der Waals surface area (Å²) in [6.07, 6.45) is 1.41. The highest BCUT2D eigenvalue weighted by Crippen LogP contribution is 2.22. The zero-order chi connectivity index (χ0) is 20.8. The van der Waals surface area contributed by atoms with E-state index < -0.39 is 16.8 Å². The average molecular weight is 393 g/mol. The Kier molecular flexibility index (Phi) is 5.74. The van der Waals surface area contributed by atoms with Gasteiger partial charge in [0.2, 0.25) is 0 Å². The van der Waals surface area contributed by atoms with Crippen molar-refractivity contribution in [2.45, 2.75) is 0 Å². The first-order valence-electron chi connectivity index (χ1n) is 8.30. The van der Waals surface area contributed by atoms with Crippen LogP contribution >= 0.6 is 0 Å². The maximum atomic E-state index is 12.2. The van der Waals surface area contributed by atoms with E-state index in [1.807, 2.05) is 0 Å². The second-order valence-electron chi connectivity index (χ2n) is 5.79. The molecule has 29 heavy (non-hydrogen) atoms. The molecule has 0 aliphatic heterocycles. The van der Waals surface area contributed by atoms with E-state index in [4.69, 9.17) is 0 Å². The van der Waals surface area contributed by atoms with Gasteiger partial charge in [0, 0.05) is 17.7 Å². The van der Waals surface area contributed by atoms with Crippen molar-refractivity contribution in [3.63, 3.8) is 0 Å². The lowest BCUT2D eigenvalue weighted by Crippen LogP contribution is -2.18. The number of esters is 1. The standard InChI is InChI=1S/C19H15N5O5/c1-29-19(26)13-7-5-12(6-8-13)11-20-23-18(25)17-10-16(21-22-17)14-3-2-4-15(9-14)24(27)28/h2-11H,1H3,(H,21,22)(H,23,25)/b20-11-. The van der Waals surface area contributed by atoms with Crippen LogP contribution < -0.4 is 5.43 Å². The molecule has 1 amide bonds. The van der Waals surface area contributed by atoms with Gasteiger partial charge in [-0.1, -0.05) is 24.3 Å². The van der Waals surface area contributed by atoms with Gasteiger partial charge in [0.25, 0.3) is 11.6 Å². The van der Waals surface area contributed by atoms with Gasteiger partial charge in [-0.3, -0.25) is 20.0 Å². The fourth-order valence-corrected chi connectivity index (χ4v) is 2.41. The number of aromatic amines is 1. The Balaban J connectivity index is 1.64. The van der Waals surface area contributed by atoms with E-state index in [1.54, 1.807) is 30.3 Å². The van der Waals surface area contributed by atoms with Crippen LogP contribution in [-0.2, 0) is 4.74 Å². The molecule has 0 radical (unpaired) electrons. The Morgan fingerprint density at radius 2 is 1.97 bits per heavy atom. The minimum Gasteiger partial charge on any atom is -0.465 e. The number of benzene rings is 2. The first-order chi connectivity index (χ1) is 14.0. The number of ether oxygens (including phenoxy) is 1. The van der Waals surface area contributed by atoms with Crippen molar-refractivity contribution in [3.8, 4) is 11.3 Å². The monoisotopic (exact) mass is 393 g/mol. The molecule has 0 fully saturated rings. The molecule has 0 saturated carbocycles. The van der Waals surface area contributed by atoms with Crippen molar-refractivity contribution < 1.29 is 19.2 Å². The van der Waals surface area contributed by atoms with Crippen LogP contribution in [0.4, 0.5) is 5.69 Å². The zero-order valence-electron chi connectivity index (χ0n) is 15.2. The molecule has 0 unspecified atom stereocenters. The molecule has 1 heterocycles. The van der Waals surface area contributed by atoms with Crippen LogP contribution in [0.2, 0.25) is 0 Å². The molecule has 10 heteroatoms. The van der Waals surface area contributed by atoms with Crippen molar-refractivity contribution in [2.75, 3.05) is 7.11 Å². The molecule has 10 nitrogen and oxygen atoms in total. The van der Waals surface area contributed by atoms with Crippen LogP contribution in [0, 0.1) is 10.1 Å². The van der Waals surface area contributed by atoms with E-state index >= 15 is 0 Å². The number of H-pyrrole nitrogens is 1. The van der Waals surface area contributed by atoms with Gasteiger partial charge in [0.1, 0.15) is 5.69 Å². The fraction of sp³-hybridized carbons (Fsp3) is 0.0526. The largest absolute Gasteiger partial charge is 0.465 e. The number of nitro benzene ring substituents is 1. The molecule has 0 atom stereocenters. The summed E-state index contributed by atoms with van der Waals surface area (Å²) in [5.74, 6) is -0.975. The number of hydrazone groups is 1. The van der Waals surface area contributed by atoms with E-state index in [1.165, 1.54) is 37.6 Å². The van der Waals surface area contributed by atoms with Crippen molar-refractivity contribution in [1.29, 1.82) is 0 Å². The Bertz CT molecular complexity index is 1090. The van der Waals surface area contributed by atoms with Gasteiger partial charge < -0.3 is 4.74 Å². The van der Waals surface area contributed by atoms with Gasteiger partial charge in [0.05, 0.1) is 29.5 Å². The molecule has 2 aromatic carbocycles. The molecule has 1 aromatic heterocycles. The summed E-state index contributed by atoms with van der Waals surface area (Å²) < 4.78 is 4.62. The maximum Gasteiger partial charge on any atom is 0.337 e. The van der Waals surface area contributed by atoms with Gasteiger partial charge in [-0.2, -0.15) is 10.2 Å². The second kappa shape index (κ2) is 8.57. The summed E-state index contributed by atoms with van der Waals surface area (Å²) >= 11 is 0. The number of nitrogens with zero attached hydrogens (tertiary/aromatic N) is 3. The molecule has 3 aromatic rings. The lowest BCUT2D eigenvalue weighted by Gasteiger charge is -1.99. The smallest absolute Gasteiger partial charge is 0.337 e. The van der Waals surface area contributed by atoms with Gasteiger partial charge in [0.15, 0.2) is 0 Å². The fourth-order valence-electron chi connectivity index (χ4n) is 2.41. The molecular weight excluding hydrogens is 378 g/mol. The number of methoxy groups -OCH3 is 1. The topological polar surface area (TPSA) is 140 Å². The summed E-state index contributed by atoms with van der Waals surface area (Å²) in [7, 11) is 1.30. The van der Waals surface area contributed by atoms with Gasteiger partial charge in [-0.15, -0.1) is 0 Å². The van der Waals surface area contributed by atoms with Crippen LogP contribution in [0.25, 0.3) is 11.3 Å². The SMILES string of the molecule is COC(=O)c1ccc(/C=N\NC(=O)c2cc(-c3cccc([N+](=O)[O-])c3)n[nH]2)cc1. The Labute approximate surface area is 164 Å². The third kappa shape index (κ3) is 4.69.